The van der Waals surface area contributed by atoms with Crippen LogP contribution in [0.25, 0.3) is 5.57 Å². The fourth-order valence-electron chi connectivity index (χ4n) is 13.0. The normalized spacial score (nSPS) is 40.0. The molecule has 8 rings (SSSR count). The number of hydrogen-bond donors (Lipinski definition) is 0. The van der Waals surface area contributed by atoms with Gasteiger partial charge in [-0.15, -0.1) is 0 Å². The van der Waals surface area contributed by atoms with Crippen molar-refractivity contribution in [2.24, 2.45) is 53.3 Å². The van der Waals surface area contributed by atoms with Crippen molar-refractivity contribution in [2.45, 2.75) is 166 Å². The quantitative estimate of drug-likeness (QED) is 0.292. The molecule has 0 saturated heterocycles. The van der Waals surface area contributed by atoms with Crippen LogP contribution < -0.4 is 0 Å². The van der Waals surface area contributed by atoms with Gasteiger partial charge >= 0.3 is 0 Å². The molecule has 4 unspecified atom stereocenters. The van der Waals surface area contributed by atoms with E-state index in [-0.39, 0.29) is 0 Å². The van der Waals surface area contributed by atoms with E-state index in [1.807, 2.05) is 5.57 Å². The zero-order valence-corrected chi connectivity index (χ0v) is 28.9. The summed E-state index contributed by atoms with van der Waals surface area (Å²) in [6.07, 6.45) is 43.3. The average Bonchev–Trinajstić information content (AvgIpc) is 3.37. The standard InChI is InChI=1S/C45H66/c1-3-12-32(13-4-1)30-44(42-21-11-16-35-14-7-8-18-39(35)42)36-26-22-33(23-27-36)34-24-28-37(29-25-34)45-31-38-15-5-2-6-17-40(38)41-19-9-10-20-43(41)45/h9-10,19-20,30-40,42H,1-8,11-18,21-29H2/t33?,34?,35?,36?,37?,38?,39?,40-,42?/m1/s1. The monoisotopic (exact) mass is 607 g/mol. The zero-order valence-electron chi connectivity index (χ0n) is 28.9. The highest BCUT2D eigenvalue weighted by molar-refractivity contribution is 5.73. The van der Waals surface area contributed by atoms with E-state index in [0.717, 1.165) is 59.2 Å². The molecule has 0 nitrogen and oxygen atoms in total. The maximum absolute atomic E-state index is 2.98. The lowest BCUT2D eigenvalue weighted by Crippen LogP contribution is -2.35. The highest BCUT2D eigenvalue weighted by Gasteiger charge is 2.41. The molecule has 1 aromatic rings. The van der Waals surface area contributed by atoms with Gasteiger partial charge in [0, 0.05) is 0 Å². The van der Waals surface area contributed by atoms with Crippen LogP contribution in [0.4, 0.5) is 0 Å². The van der Waals surface area contributed by atoms with Crippen LogP contribution in [0.3, 0.4) is 0 Å². The second-order valence-corrected chi connectivity index (χ2v) is 17.7. The predicted molar refractivity (Wildman–Crippen MR) is 192 cm³/mol. The highest BCUT2D eigenvalue weighted by atomic mass is 14.5. The van der Waals surface area contributed by atoms with Crippen molar-refractivity contribution in [3.63, 3.8) is 0 Å². The summed E-state index contributed by atoms with van der Waals surface area (Å²) in [4.78, 5) is 0. The molecular weight excluding hydrogens is 540 g/mol. The van der Waals surface area contributed by atoms with E-state index >= 15 is 0 Å². The van der Waals surface area contributed by atoms with E-state index in [1.54, 1.807) is 36.0 Å². The minimum Gasteiger partial charge on any atom is -0.0816 e. The first-order valence-electron chi connectivity index (χ1n) is 20.8. The molecule has 6 fully saturated rings. The van der Waals surface area contributed by atoms with Crippen molar-refractivity contribution in [1.82, 2.24) is 0 Å². The van der Waals surface area contributed by atoms with Gasteiger partial charge < -0.3 is 0 Å². The van der Waals surface area contributed by atoms with Crippen molar-refractivity contribution in [3.05, 3.63) is 53.1 Å². The molecule has 45 heavy (non-hydrogen) atoms. The van der Waals surface area contributed by atoms with E-state index in [2.05, 4.69) is 36.4 Å². The summed E-state index contributed by atoms with van der Waals surface area (Å²) >= 11 is 0. The Kier molecular flexibility index (Phi) is 9.95. The smallest absolute Gasteiger partial charge is 0.00928 e. The third-order valence-electron chi connectivity index (χ3n) is 15.3. The molecular formula is C45H66. The lowest BCUT2D eigenvalue weighted by Gasteiger charge is -2.46. The molecule has 0 heterocycles. The Labute approximate surface area is 277 Å². The topological polar surface area (TPSA) is 0 Å². The van der Waals surface area contributed by atoms with Gasteiger partial charge in [-0.3, -0.25) is 0 Å². The van der Waals surface area contributed by atoms with Gasteiger partial charge in [0.1, 0.15) is 0 Å². The Hall–Kier alpha value is -1.30. The largest absolute Gasteiger partial charge is 0.0816 e. The van der Waals surface area contributed by atoms with E-state index in [0.29, 0.717) is 0 Å². The van der Waals surface area contributed by atoms with E-state index < -0.39 is 0 Å². The SMILES string of the molecule is C1=C(C2CCC(C3CCC(C(=CC4CCCCC4)C4CCCC5CCCCC54)CC3)CC2)c2ccccc2[C@@H]2CCCCCC12. The van der Waals surface area contributed by atoms with Crippen LogP contribution in [0.5, 0.6) is 0 Å². The highest BCUT2D eigenvalue weighted by Crippen LogP contribution is 2.53. The van der Waals surface area contributed by atoms with Crippen LogP contribution in [0.15, 0.2) is 42.0 Å². The van der Waals surface area contributed by atoms with E-state index in [4.69, 9.17) is 0 Å². The molecule has 7 aliphatic carbocycles. The van der Waals surface area contributed by atoms with E-state index in [9.17, 15) is 0 Å². The van der Waals surface area contributed by atoms with Crippen LogP contribution >= 0.6 is 0 Å². The molecule has 0 radical (unpaired) electrons. The lowest BCUT2D eigenvalue weighted by atomic mass is 9.59. The van der Waals surface area contributed by atoms with Crippen LogP contribution in [0.1, 0.15) is 178 Å². The first-order chi connectivity index (χ1) is 22.3. The van der Waals surface area contributed by atoms with Gasteiger partial charge in [-0.05, 0) is 166 Å². The first kappa shape index (κ1) is 31.0. The maximum atomic E-state index is 2.98. The second kappa shape index (κ2) is 14.4. The maximum Gasteiger partial charge on any atom is -0.00928 e. The zero-order chi connectivity index (χ0) is 30.0. The third-order valence-corrected chi connectivity index (χ3v) is 15.3. The van der Waals surface area contributed by atoms with Crippen molar-refractivity contribution in [2.75, 3.05) is 0 Å². The van der Waals surface area contributed by atoms with Crippen LogP contribution in [-0.2, 0) is 0 Å². The molecule has 0 aliphatic heterocycles. The summed E-state index contributed by atoms with van der Waals surface area (Å²) in [6, 6.07) is 9.66. The first-order valence-corrected chi connectivity index (χ1v) is 20.8. The number of rotatable bonds is 5. The fraction of sp³-hybridized carbons (Fsp3) is 0.778. The van der Waals surface area contributed by atoms with Gasteiger partial charge in [0.2, 0.25) is 0 Å². The molecule has 0 heteroatoms. The average molecular weight is 607 g/mol. The molecule has 0 aromatic heterocycles. The molecule has 246 valence electrons. The second-order valence-electron chi connectivity index (χ2n) is 17.7. The van der Waals surface area contributed by atoms with Gasteiger partial charge in [-0.25, -0.2) is 0 Å². The predicted octanol–water partition coefficient (Wildman–Crippen LogP) is 13.5. The Morgan fingerprint density at radius 2 is 1.20 bits per heavy atom. The molecule has 0 amide bonds. The molecule has 5 atom stereocenters. The number of fused-ring (bicyclic) bond motifs is 4. The molecule has 1 aromatic carbocycles. The van der Waals surface area contributed by atoms with Gasteiger partial charge in [0.15, 0.2) is 0 Å². The summed E-state index contributed by atoms with van der Waals surface area (Å²) in [6.45, 7) is 0. The van der Waals surface area contributed by atoms with Crippen molar-refractivity contribution < 1.29 is 0 Å². The van der Waals surface area contributed by atoms with Gasteiger partial charge in [-0.2, -0.15) is 0 Å². The van der Waals surface area contributed by atoms with Crippen LogP contribution in [0.2, 0.25) is 0 Å². The van der Waals surface area contributed by atoms with Crippen LogP contribution in [-0.4, -0.2) is 0 Å². The Morgan fingerprint density at radius 3 is 2.02 bits per heavy atom. The summed E-state index contributed by atoms with van der Waals surface area (Å²) in [5.41, 5.74) is 7.20. The third kappa shape index (κ3) is 6.71. The Bertz CT molecular complexity index is 1160. The summed E-state index contributed by atoms with van der Waals surface area (Å²) in [5.74, 6) is 9.38. The van der Waals surface area contributed by atoms with Crippen LogP contribution in [0, 0.1) is 53.3 Å². The molecule has 6 saturated carbocycles. The Balaban J connectivity index is 0.918. The summed E-state index contributed by atoms with van der Waals surface area (Å²) < 4.78 is 0. The minimum atomic E-state index is 0.800. The van der Waals surface area contributed by atoms with Gasteiger partial charge in [0.05, 0.1) is 0 Å². The Morgan fingerprint density at radius 1 is 0.533 bits per heavy atom. The number of allylic oxidation sites excluding steroid dienone is 4. The van der Waals surface area contributed by atoms with Gasteiger partial charge in [-0.1, -0.05) is 113 Å². The lowest BCUT2D eigenvalue weighted by molar-refractivity contribution is 0.107. The van der Waals surface area contributed by atoms with E-state index in [1.165, 1.54) is 141 Å². The van der Waals surface area contributed by atoms with Gasteiger partial charge in [0.25, 0.3) is 0 Å². The summed E-state index contributed by atoms with van der Waals surface area (Å²) in [5, 5.41) is 0. The van der Waals surface area contributed by atoms with Crippen molar-refractivity contribution >= 4 is 5.57 Å². The molecule has 0 spiro atoms. The van der Waals surface area contributed by atoms with Crippen molar-refractivity contribution in [3.8, 4) is 0 Å². The number of benzene rings is 1. The molecule has 0 N–H and O–H groups in total. The summed E-state index contributed by atoms with van der Waals surface area (Å²) in [7, 11) is 0. The molecule has 7 aliphatic rings. The number of hydrogen-bond acceptors (Lipinski definition) is 0. The van der Waals surface area contributed by atoms with Crippen molar-refractivity contribution in [1.29, 1.82) is 0 Å². The minimum absolute atomic E-state index is 0.800. The molecule has 0 bridgehead atoms. The fourth-order valence-corrected chi connectivity index (χ4v) is 13.0.